The van der Waals surface area contributed by atoms with Gasteiger partial charge in [-0.3, -0.25) is 9.69 Å². The van der Waals surface area contributed by atoms with Gasteiger partial charge >= 0.3 is 5.97 Å². The number of hydrogen-bond acceptors (Lipinski definition) is 3. The van der Waals surface area contributed by atoms with E-state index in [9.17, 15) is 4.79 Å². The first kappa shape index (κ1) is 10.5. The molecule has 0 spiro atoms. The lowest BCUT2D eigenvalue weighted by molar-refractivity contribution is -0.137. The molecule has 2 N–H and O–H groups in total. The smallest absolute Gasteiger partial charge is 0.303 e. The average Bonchev–Trinajstić information content (AvgIpc) is 2.07. The maximum Gasteiger partial charge on any atom is 0.303 e. The Balaban J connectivity index is 2.35. The van der Waals surface area contributed by atoms with E-state index in [2.05, 4.69) is 24.2 Å². The molecule has 13 heavy (non-hydrogen) atoms. The number of nitrogens with one attached hydrogen (secondary N) is 1. The number of aliphatic carboxylic acids is 1. The van der Waals surface area contributed by atoms with Gasteiger partial charge in [-0.25, -0.2) is 0 Å². The van der Waals surface area contributed by atoms with Gasteiger partial charge < -0.3 is 10.4 Å². The van der Waals surface area contributed by atoms with Crippen LogP contribution in [0.4, 0.5) is 0 Å². The molecule has 0 bridgehead atoms. The first-order chi connectivity index (χ1) is 6.11. The lowest BCUT2D eigenvalue weighted by Crippen LogP contribution is -2.54. The summed E-state index contributed by atoms with van der Waals surface area (Å²) in [5.41, 5.74) is 0. The van der Waals surface area contributed by atoms with Gasteiger partial charge in [0.05, 0.1) is 0 Å². The zero-order valence-corrected chi connectivity index (χ0v) is 8.29. The largest absolute Gasteiger partial charge is 0.481 e. The van der Waals surface area contributed by atoms with Crippen molar-refractivity contribution in [1.82, 2.24) is 10.2 Å². The highest BCUT2D eigenvalue weighted by atomic mass is 16.4. The molecular formula is C9H18N2O2. The van der Waals surface area contributed by atoms with Crippen molar-refractivity contribution in [2.75, 3.05) is 20.1 Å². The second kappa shape index (κ2) is 4.58. The number of carboxylic acids is 1. The highest BCUT2D eigenvalue weighted by Crippen LogP contribution is 2.11. The number of piperazine rings is 1. The lowest BCUT2D eigenvalue weighted by atomic mass is 10.1. The minimum absolute atomic E-state index is 0.267. The molecule has 0 aliphatic carbocycles. The van der Waals surface area contributed by atoms with Crippen molar-refractivity contribution in [1.29, 1.82) is 0 Å². The third kappa shape index (κ3) is 2.97. The minimum Gasteiger partial charge on any atom is -0.481 e. The van der Waals surface area contributed by atoms with Crippen LogP contribution in [0, 0.1) is 0 Å². The second-order valence-electron chi connectivity index (χ2n) is 3.76. The van der Waals surface area contributed by atoms with E-state index >= 15 is 0 Å². The number of nitrogens with zero attached hydrogens (tertiary/aromatic N) is 1. The third-order valence-corrected chi connectivity index (χ3v) is 2.78. The van der Waals surface area contributed by atoms with E-state index in [1.807, 2.05) is 0 Å². The molecule has 0 aromatic carbocycles. The van der Waals surface area contributed by atoms with Crippen LogP contribution >= 0.6 is 0 Å². The van der Waals surface area contributed by atoms with Crippen molar-refractivity contribution < 1.29 is 9.90 Å². The second-order valence-corrected chi connectivity index (χ2v) is 3.76. The first-order valence-corrected chi connectivity index (χ1v) is 4.75. The van der Waals surface area contributed by atoms with E-state index in [0.717, 1.165) is 19.5 Å². The lowest BCUT2D eigenvalue weighted by Gasteiger charge is -2.38. The zero-order chi connectivity index (χ0) is 9.84. The van der Waals surface area contributed by atoms with Gasteiger partial charge in [-0.2, -0.15) is 0 Å². The first-order valence-electron chi connectivity index (χ1n) is 4.75. The summed E-state index contributed by atoms with van der Waals surface area (Å²) in [7, 11) is 2.07. The van der Waals surface area contributed by atoms with Crippen LogP contribution in [0.25, 0.3) is 0 Å². The SMILES string of the molecule is CC1CNCC(CCC(=O)O)N1C. The molecule has 4 nitrogen and oxygen atoms in total. The standard InChI is InChI=1S/C9H18N2O2/c1-7-5-10-6-8(11(7)2)3-4-9(12)13/h7-8,10H,3-6H2,1-2H3,(H,12,13). The maximum atomic E-state index is 10.4. The van der Waals surface area contributed by atoms with Crippen molar-refractivity contribution in [3.05, 3.63) is 0 Å². The number of carbonyl (C=O) groups is 1. The van der Waals surface area contributed by atoms with E-state index in [1.54, 1.807) is 0 Å². The van der Waals surface area contributed by atoms with Crippen LogP contribution in [-0.4, -0.2) is 48.2 Å². The van der Waals surface area contributed by atoms with Crippen molar-refractivity contribution in [3.8, 4) is 0 Å². The highest BCUT2D eigenvalue weighted by molar-refractivity contribution is 5.66. The molecule has 0 amide bonds. The molecule has 1 heterocycles. The Morgan fingerprint density at radius 3 is 2.92 bits per heavy atom. The van der Waals surface area contributed by atoms with Crippen molar-refractivity contribution in [2.45, 2.75) is 31.8 Å². The van der Waals surface area contributed by atoms with Gasteiger partial charge in [0.1, 0.15) is 0 Å². The normalized spacial score (nSPS) is 30.3. The molecule has 4 heteroatoms. The summed E-state index contributed by atoms with van der Waals surface area (Å²) in [5, 5.41) is 11.9. The monoisotopic (exact) mass is 186 g/mol. The van der Waals surface area contributed by atoms with Crippen LogP contribution in [0.2, 0.25) is 0 Å². The van der Waals surface area contributed by atoms with Crippen LogP contribution in [0.1, 0.15) is 19.8 Å². The summed E-state index contributed by atoms with van der Waals surface area (Å²) in [5.74, 6) is -0.702. The summed E-state index contributed by atoms with van der Waals surface area (Å²) >= 11 is 0. The van der Waals surface area contributed by atoms with E-state index < -0.39 is 5.97 Å². The average molecular weight is 186 g/mol. The Morgan fingerprint density at radius 1 is 1.62 bits per heavy atom. The maximum absolute atomic E-state index is 10.4. The quantitative estimate of drug-likeness (QED) is 0.658. The number of rotatable bonds is 3. The molecule has 76 valence electrons. The van der Waals surface area contributed by atoms with Gasteiger partial charge in [-0.15, -0.1) is 0 Å². The summed E-state index contributed by atoms with van der Waals surface area (Å²) in [6, 6.07) is 0.882. The molecule has 1 aliphatic rings. The van der Waals surface area contributed by atoms with Gasteiger partial charge in [0, 0.05) is 31.6 Å². The number of hydrogen-bond donors (Lipinski definition) is 2. The van der Waals surface area contributed by atoms with Crippen molar-refractivity contribution in [2.24, 2.45) is 0 Å². The van der Waals surface area contributed by atoms with E-state index in [4.69, 9.17) is 5.11 Å². The number of likely N-dealkylation sites (N-methyl/N-ethyl adjacent to an activating group) is 1. The van der Waals surface area contributed by atoms with Gasteiger partial charge in [-0.1, -0.05) is 0 Å². The molecule has 0 saturated carbocycles. The molecule has 1 rings (SSSR count). The summed E-state index contributed by atoms with van der Waals surface area (Å²) in [4.78, 5) is 12.7. The Labute approximate surface area is 78.9 Å². The van der Waals surface area contributed by atoms with Crippen LogP contribution in [0.5, 0.6) is 0 Å². The van der Waals surface area contributed by atoms with Crippen LogP contribution in [-0.2, 0) is 4.79 Å². The molecule has 0 radical (unpaired) electrons. The molecule has 1 fully saturated rings. The Bertz CT molecular complexity index is 184. The third-order valence-electron chi connectivity index (χ3n) is 2.78. The molecule has 0 aromatic rings. The van der Waals surface area contributed by atoms with Gasteiger partial charge in [-0.05, 0) is 20.4 Å². The summed E-state index contributed by atoms with van der Waals surface area (Å²) in [6.07, 6.45) is 1.01. The zero-order valence-electron chi connectivity index (χ0n) is 8.29. The Kier molecular flexibility index (Phi) is 3.69. The van der Waals surface area contributed by atoms with E-state index in [1.165, 1.54) is 0 Å². The fraction of sp³-hybridized carbons (Fsp3) is 0.889. The molecule has 2 atom stereocenters. The van der Waals surface area contributed by atoms with Gasteiger partial charge in [0.25, 0.3) is 0 Å². The molecule has 0 aromatic heterocycles. The molecule has 1 aliphatic heterocycles. The summed E-state index contributed by atoms with van der Waals surface area (Å²) in [6.45, 7) is 4.06. The Hall–Kier alpha value is -0.610. The van der Waals surface area contributed by atoms with Crippen LogP contribution < -0.4 is 5.32 Å². The topological polar surface area (TPSA) is 52.6 Å². The summed E-state index contributed by atoms with van der Waals surface area (Å²) < 4.78 is 0. The van der Waals surface area contributed by atoms with Crippen molar-refractivity contribution in [3.63, 3.8) is 0 Å². The number of carboxylic acid groups (broad SMARTS) is 1. The predicted molar refractivity (Wildman–Crippen MR) is 50.8 cm³/mol. The van der Waals surface area contributed by atoms with E-state index in [0.29, 0.717) is 12.1 Å². The Morgan fingerprint density at radius 2 is 2.31 bits per heavy atom. The fourth-order valence-corrected chi connectivity index (χ4v) is 1.70. The fourth-order valence-electron chi connectivity index (χ4n) is 1.70. The van der Waals surface area contributed by atoms with Crippen LogP contribution in [0.15, 0.2) is 0 Å². The van der Waals surface area contributed by atoms with Gasteiger partial charge in [0.15, 0.2) is 0 Å². The van der Waals surface area contributed by atoms with E-state index in [-0.39, 0.29) is 6.42 Å². The minimum atomic E-state index is -0.702. The van der Waals surface area contributed by atoms with Crippen LogP contribution in [0.3, 0.4) is 0 Å². The molecular weight excluding hydrogens is 168 g/mol. The predicted octanol–water partition coefficient (Wildman–Crippen LogP) is 0.143. The highest BCUT2D eigenvalue weighted by Gasteiger charge is 2.24. The molecule has 2 unspecified atom stereocenters. The van der Waals surface area contributed by atoms with Gasteiger partial charge in [0.2, 0.25) is 0 Å². The van der Waals surface area contributed by atoms with Crippen molar-refractivity contribution >= 4 is 5.97 Å². The molecule has 1 saturated heterocycles.